The van der Waals surface area contributed by atoms with Crippen molar-refractivity contribution in [2.75, 3.05) is 14.2 Å². The number of fused-ring (bicyclic) bond motifs is 1. The van der Waals surface area contributed by atoms with E-state index in [1.54, 1.807) is 14.2 Å². The standard InChI is InChI=1S/C14H21NO2S/c1-8-5-12(16-3)14(17-4)13-10(8)7-18-9(2)6-11(13)15/h5,9,11H,6-7,15H2,1-4H3. The smallest absolute Gasteiger partial charge is 0.165 e. The molecule has 0 fully saturated rings. The van der Waals surface area contributed by atoms with Crippen molar-refractivity contribution >= 4 is 11.8 Å². The van der Waals surface area contributed by atoms with Gasteiger partial charge in [-0.25, -0.2) is 0 Å². The van der Waals surface area contributed by atoms with Gasteiger partial charge in [0.25, 0.3) is 0 Å². The van der Waals surface area contributed by atoms with E-state index in [9.17, 15) is 0 Å². The van der Waals surface area contributed by atoms with Crippen LogP contribution in [-0.2, 0) is 5.75 Å². The molecule has 1 heterocycles. The number of nitrogens with two attached hydrogens (primary N) is 1. The molecule has 18 heavy (non-hydrogen) atoms. The summed E-state index contributed by atoms with van der Waals surface area (Å²) in [6.45, 7) is 4.35. The Bertz CT molecular complexity index is 448. The Morgan fingerprint density at radius 2 is 2.06 bits per heavy atom. The average Bonchev–Trinajstić information content (AvgIpc) is 2.49. The molecule has 0 saturated carbocycles. The van der Waals surface area contributed by atoms with Crippen molar-refractivity contribution in [3.05, 3.63) is 22.8 Å². The molecule has 2 atom stereocenters. The maximum atomic E-state index is 6.36. The van der Waals surface area contributed by atoms with Gasteiger partial charge in [0.15, 0.2) is 11.5 Å². The first-order valence-corrected chi connectivity index (χ1v) is 7.24. The molecule has 0 aromatic heterocycles. The number of aryl methyl sites for hydroxylation is 1. The third kappa shape index (κ3) is 2.31. The van der Waals surface area contributed by atoms with E-state index in [0.29, 0.717) is 5.25 Å². The highest BCUT2D eigenvalue weighted by molar-refractivity contribution is 7.99. The molecule has 4 heteroatoms. The minimum atomic E-state index is 0.0220. The number of rotatable bonds is 2. The fourth-order valence-electron chi connectivity index (χ4n) is 2.55. The predicted octanol–water partition coefficient (Wildman–Crippen LogP) is 3.04. The first-order chi connectivity index (χ1) is 8.58. The van der Waals surface area contributed by atoms with Gasteiger partial charge in [-0.2, -0.15) is 11.8 Å². The van der Waals surface area contributed by atoms with Crippen LogP contribution >= 0.6 is 11.8 Å². The van der Waals surface area contributed by atoms with Crippen LogP contribution in [0.5, 0.6) is 11.5 Å². The first-order valence-electron chi connectivity index (χ1n) is 6.20. The molecule has 1 aliphatic rings. The van der Waals surface area contributed by atoms with E-state index < -0.39 is 0 Å². The SMILES string of the molecule is COc1cc(C)c2c(c1OC)C(N)CC(C)SC2. The van der Waals surface area contributed by atoms with Gasteiger partial charge in [-0.15, -0.1) is 0 Å². The Morgan fingerprint density at radius 3 is 2.67 bits per heavy atom. The predicted molar refractivity (Wildman–Crippen MR) is 76.6 cm³/mol. The number of benzene rings is 1. The van der Waals surface area contributed by atoms with E-state index in [-0.39, 0.29) is 6.04 Å². The molecule has 0 aliphatic carbocycles. The molecule has 1 aliphatic heterocycles. The van der Waals surface area contributed by atoms with Gasteiger partial charge in [-0.05, 0) is 30.5 Å². The van der Waals surface area contributed by atoms with Crippen LogP contribution in [0.15, 0.2) is 6.07 Å². The van der Waals surface area contributed by atoms with Gasteiger partial charge in [0.1, 0.15) is 0 Å². The van der Waals surface area contributed by atoms with Crippen LogP contribution in [0.3, 0.4) is 0 Å². The number of hydrogen-bond acceptors (Lipinski definition) is 4. The quantitative estimate of drug-likeness (QED) is 0.894. The molecule has 2 rings (SSSR count). The maximum Gasteiger partial charge on any atom is 0.165 e. The summed E-state index contributed by atoms with van der Waals surface area (Å²) in [5.41, 5.74) is 10.0. The van der Waals surface area contributed by atoms with Gasteiger partial charge < -0.3 is 15.2 Å². The van der Waals surface area contributed by atoms with Crippen molar-refractivity contribution in [3.8, 4) is 11.5 Å². The van der Waals surface area contributed by atoms with Crippen LogP contribution in [0, 0.1) is 6.92 Å². The maximum absolute atomic E-state index is 6.36. The summed E-state index contributed by atoms with van der Waals surface area (Å²) in [7, 11) is 3.35. The van der Waals surface area contributed by atoms with Crippen LogP contribution < -0.4 is 15.2 Å². The number of thioether (sulfide) groups is 1. The Hall–Kier alpha value is -0.870. The van der Waals surface area contributed by atoms with E-state index in [4.69, 9.17) is 15.2 Å². The fraction of sp³-hybridized carbons (Fsp3) is 0.571. The fourth-order valence-corrected chi connectivity index (χ4v) is 3.72. The van der Waals surface area contributed by atoms with Crippen molar-refractivity contribution in [3.63, 3.8) is 0 Å². The number of hydrogen-bond donors (Lipinski definition) is 1. The monoisotopic (exact) mass is 267 g/mol. The molecule has 3 nitrogen and oxygen atoms in total. The topological polar surface area (TPSA) is 44.5 Å². The van der Waals surface area contributed by atoms with Crippen LogP contribution in [0.2, 0.25) is 0 Å². The highest BCUT2D eigenvalue weighted by Gasteiger charge is 2.27. The summed E-state index contributed by atoms with van der Waals surface area (Å²) >= 11 is 1.96. The van der Waals surface area contributed by atoms with Gasteiger partial charge in [-0.1, -0.05) is 6.92 Å². The van der Waals surface area contributed by atoms with Gasteiger partial charge in [-0.3, -0.25) is 0 Å². The zero-order valence-corrected chi connectivity index (χ0v) is 12.3. The third-order valence-electron chi connectivity index (χ3n) is 3.51. The molecule has 2 N–H and O–H groups in total. The molecule has 0 spiro atoms. The second kappa shape index (κ2) is 5.41. The highest BCUT2D eigenvalue weighted by atomic mass is 32.2. The molecule has 100 valence electrons. The van der Waals surface area contributed by atoms with Gasteiger partial charge in [0.05, 0.1) is 14.2 Å². The van der Waals surface area contributed by atoms with Crippen molar-refractivity contribution in [1.29, 1.82) is 0 Å². The minimum absolute atomic E-state index is 0.0220. The van der Waals surface area contributed by atoms with E-state index >= 15 is 0 Å². The zero-order valence-electron chi connectivity index (χ0n) is 11.4. The summed E-state index contributed by atoms with van der Waals surface area (Å²) in [4.78, 5) is 0. The van der Waals surface area contributed by atoms with Crippen molar-refractivity contribution in [1.82, 2.24) is 0 Å². The summed E-state index contributed by atoms with van der Waals surface area (Å²) < 4.78 is 10.9. The lowest BCUT2D eigenvalue weighted by molar-refractivity contribution is 0.348. The molecule has 1 aromatic rings. The number of methoxy groups -OCH3 is 2. The second-order valence-electron chi connectivity index (χ2n) is 4.79. The molecule has 0 radical (unpaired) electrons. The van der Waals surface area contributed by atoms with E-state index in [0.717, 1.165) is 29.2 Å². The Labute approximate surface area is 113 Å². The van der Waals surface area contributed by atoms with E-state index in [1.807, 2.05) is 17.8 Å². The van der Waals surface area contributed by atoms with E-state index in [2.05, 4.69) is 13.8 Å². The summed E-state index contributed by atoms with van der Waals surface area (Å²) in [5.74, 6) is 2.58. The van der Waals surface area contributed by atoms with Crippen molar-refractivity contribution in [2.24, 2.45) is 5.73 Å². The molecule has 2 unspecified atom stereocenters. The third-order valence-corrected chi connectivity index (χ3v) is 4.73. The molecule has 0 saturated heterocycles. The van der Waals surface area contributed by atoms with Gasteiger partial charge >= 0.3 is 0 Å². The average molecular weight is 267 g/mol. The molecular weight excluding hydrogens is 246 g/mol. The Morgan fingerprint density at radius 1 is 1.33 bits per heavy atom. The van der Waals surface area contributed by atoms with Crippen molar-refractivity contribution < 1.29 is 9.47 Å². The van der Waals surface area contributed by atoms with Crippen LogP contribution in [0.25, 0.3) is 0 Å². The summed E-state index contributed by atoms with van der Waals surface area (Å²) in [6, 6.07) is 2.06. The van der Waals surface area contributed by atoms with Crippen LogP contribution in [0.1, 0.15) is 36.1 Å². The normalized spacial score (nSPS) is 23.2. The van der Waals surface area contributed by atoms with Gasteiger partial charge in [0, 0.05) is 22.6 Å². The minimum Gasteiger partial charge on any atom is -0.493 e. The largest absolute Gasteiger partial charge is 0.493 e. The summed E-state index contributed by atoms with van der Waals surface area (Å²) in [5, 5.41) is 0.572. The first kappa shape index (κ1) is 13.6. The van der Waals surface area contributed by atoms with Crippen LogP contribution in [0.4, 0.5) is 0 Å². The lowest BCUT2D eigenvalue weighted by atomic mass is 9.93. The van der Waals surface area contributed by atoms with E-state index in [1.165, 1.54) is 11.1 Å². The zero-order chi connectivity index (χ0) is 13.3. The summed E-state index contributed by atoms with van der Waals surface area (Å²) in [6.07, 6.45) is 0.973. The molecule has 0 amide bonds. The van der Waals surface area contributed by atoms with Crippen LogP contribution in [-0.4, -0.2) is 19.5 Å². The lowest BCUT2D eigenvalue weighted by Crippen LogP contribution is -2.16. The molecule has 1 aromatic carbocycles. The lowest BCUT2D eigenvalue weighted by Gasteiger charge is -2.21. The Balaban J connectivity index is 2.62. The second-order valence-corrected chi connectivity index (χ2v) is 6.21. The molecule has 0 bridgehead atoms. The highest BCUT2D eigenvalue weighted by Crippen LogP contribution is 2.44. The number of ether oxygens (including phenoxy) is 2. The van der Waals surface area contributed by atoms with Gasteiger partial charge in [0.2, 0.25) is 0 Å². The molecular formula is C14H21NO2S. The van der Waals surface area contributed by atoms with Crippen molar-refractivity contribution in [2.45, 2.75) is 37.3 Å². The Kier molecular flexibility index (Phi) is 4.07.